The average Bonchev–Trinajstić information content (AvgIpc) is 2.51. The van der Waals surface area contributed by atoms with Gasteiger partial charge in [-0.2, -0.15) is 0 Å². The highest BCUT2D eigenvalue weighted by Gasteiger charge is 2.15. The molecule has 6 heteroatoms. The van der Waals surface area contributed by atoms with Crippen molar-refractivity contribution in [2.75, 3.05) is 12.4 Å². The average molecular weight is 385 g/mol. The smallest absolute Gasteiger partial charge is 0.137 e. The molecule has 0 aliphatic rings. The third-order valence-corrected chi connectivity index (χ3v) is 5.31. The third kappa shape index (κ3) is 5.85. The van der Waals surface area contributed by atoms with Crippen LogP contribution in [0.15, 0.2) is 41.6 Å². The Morgan fingerprint density at radius 2 is 1.96 bits per heavy atom. The summed E-state index contributed by atoms with van der Waals surface area (Å²) in [5, 5.41) is 1.27. The molecule has 1 heterocycles. The first-order valence-corrected chi connectivity index (χ1v) is 9.41. The Balaban J connectivity index is 1.86. The molecule has 1 aromatic carbocycles. The number of halogens is 2. The first kappa shape index (κ1) is 19.4. The van der Waals surface area contributed by atoms with Gasteiger partial charge < -0.3 is 10.5 Å². The van der Waals surface area contributed by atoms with E-state index in [1.54, 1.807) is 24.0 Å². The van der Waals surface area contributed by atoms with Crippen molar-refractivity contribution < 1.29 is 4.74 Å². The summed E-state index contributed by atoms with van der Waals surface area (Å²) >= 11 is 13.7. The molecule has 2 N–H and O–H groups in total. The number of pyridine rings is 1. The van der Waals surface area contributed by atoms with Gasteiger partial charge in [0.1, 0.15) is 12.4 Å². The van der Waals surface area contributed by atoms with Gasteiger partial charge in [-0.3, -0.25) is 4.98 Å². The van der Waals surface area contributed by atoms with Crippen molar-refractivity contribution in [2.24, 2.45) is 5.73 Å². The lowest BCUT2D eigenvalue weighted by Gasteiger charge is -2.19. The zero-order valence-electron chi connectivity index (χ0n) is 14.1. The topological polar surface area (TPSA) is 48.1 Å². The van der Waals surface area contributed by atoms with Crippen LogP contribution in [0.3, 0.4) is 0 Å². The highest BCUT2D eigenvalue weighted by molar-refractivity contribution is 7.99. The predicted molar refractivity (Wildman–Crippen MR) is 104 cm³/mol. The standard InChI is InChI=1S/C18H22Cl2N2OS/c1-18(2,3)12-6-15(9-22-8-12)23-10-14(21)11-24-17-5-4-13(19)7-16(17)20/h4-9,14H,10-11,21H2,1-3H3/t14-/m1/s1. The molecule has 2 aromatic rings. The number of nitrogens with zero attached hydrogens (tertiary/aromatic N) is 1. The number of hydrogen-bond acceptors (Lipinski definition) is 4. The van der Waals surface area contributed by atoms with Crippen LogP contribution in [0.2, 0.25) is 10.0 Å². The van der Waals surface area contributed by atoms with Crippen LogP contribution in [0.25, 0.3) is 0 Å². The molecule has 0 bridgehead atoms. The van der Waals surface area contributed by atoms with Crippen molar-refractivity contribution in [1.29, 1.82) is 0 Å². The minimum Gasteiger partial charge on any atom is -0.490 e. The molecule has 0 radical (unpaired) electrons. The maximum atomic E-state index is 6.16. The van der Waals surface area contributed by atoms with Crippen LogP contribution in [0.5, 0.6) is 5.75 Å². The Kier molecular flexibility index (Phi) is 6.81. The van der Waals surface area contributed by atoms with Gasteiger partial charge in [-0.05, 0) is 35.2 Å². The fraction of sp³-hybridized carbons (Fsp3) is 0.389. The van der Waals surface area contributed by atoms with E-state index < -0.39 is 0 Å². The van der Waals surface area contributed by atoms with E-state index in [0.29, 0.717) is 22.4 Å². The molecule has 0 aliphatic carbocycles. The fourth-order valence-corrected chi connectivity index (χ4v) is 3.37. The van der Waals surface area contributed by atoms with Crippen LogP contribution in [-0.2, 0) is 5.41 Å². The quantitative estimate of drug-likeness (QED) is 0.696. The van der Waals surface area contributed by atoms with Gasteiger partial charge in [0.05, 0.1) is 11.2 Å². The molecular weight excluding hydrogens is 363 g/mol. The molecule has 1 aromatic heterocycles. The Morgan fingerprint density at radius 3 is 2.62 bits per heavy atom. The lowest BCUT2D eigenvalue weighted by atomic mass is 9.88. The molecule has 0 unspecified atom stereocenters. The summed E-state index contributed by atoms with van der Waals surface area (Å²) < 4.78 is 5.79. The SMILES string of the molecule is CC(C)(C)c1cncc(OC[C@@H](N)CSc2ccc(Cl)cc2Cl)c1. The van der Waals surface area contributed by atoms with Gasteiger partial charge in [-0.1, -0.05) is 44.0 Å². The monoisotopic (exact) mass is 384 g/mol. The second kappa shape index (κ2) is 8.43. The van der Waals surface area contributed by atoms with Crippen molar-refractivity contribution in [3.05, 3.63) is 52.3 Å². The molecular formula is C18H22Cl2N2OS. The van der Waals surface area contributed by atoms with Crippen LogP contribution >= 0.6 is 35.0 Å². The number of benzene rings is 1. The van der Waals surface area contributed by atoms with E-state index >= 15 is 0 Å². The molecule has 0 saturated carbocycles. The molecule has 2 rings (SSSR count). The van der Waals surface area contributed by atoms with Crippen LogP contribution < -0.4 is 10.5 Å². The van der Waals surface area contributed by atoms with E-state index in [1.807, 2.05) is 24.4 Å². The van der Waals surface area contributed by atoms with Gasteiger partial charge >= 0.3 is 0 Å². The van der Waals surface area contributed by atoms with Crippen molar-refractivity contribution in [1.82, 2.24) is 4.98 Å². The molecule has 0 spiro atoms. The van der Waals surface area contributed by atoms with Crippen molar-refractivity contribution in [3.63, 3.8) is 0 Å². The van der Waals surface area contributed by atoms with Crippen LogP contribution in [0, 0.1) is 0 Å². The van der Waals surface area contributed by atoms with Gasteiger partial charge in [-0.15, -0.1) is 11.8 Å². The summed E-state index contributed by atoms with van der Waals surface area (Å²) in [5.74, 6) is 1.45. The molecule has 3 nitrogen and oxygen atoms in total. The van der Waals surface area contributed by atoms with Gasteiger partial charge in [0.25, 0.3) is 0 Å². The summed E-state index contributed by atoms with van der Waals surface area (Å²) in [5.41, 5.74) is 7.31. The molecule has 24 heavy (non-hydrogen) atoms. The Bertz CT molecular complexity index is 689. The summed E-state index contributed by atoms with van der Waals surface area (Å²) in [4.78, 5) is 5.21. The minimum absolute atomic E-state index is 0.0374. The predicted octanol–water partition coefficient (Wildman–Crippen LogP) is 5.18. The van der Waals surface area contributed by atoms with Crippen LogP contribution in [0.4, 0.5) is 0 Å². The van der Waals surface area contributed by atoms with Crippen molar-refractivity contribution in [2.45, 2.75) is 37.1 Å². The Morgan fingerprint density at radius 1 is 1.21 bits per heavy atom. The zero-order chi connectivity index (χ0) is 17.7. The second-order valence-corrected chi connectivity index (χ2v) is 8.52. The molecule has 0 amide bonds. The van der Waals surface area contributed by atoms with Crippen LogP contribution in [0.1, 0.15) is 26.3 Å². The van der Waals surface area contributed by atoms with E-state index in [4.69, 9.17) is 33.7 Å². The van der Waals surface area contributed by atoms with Crippen molar-refractivity contribution in [3.8, 4) is 5.75 Å². The Hall–Kier alpha value is -0.940. The van der Waals surface area contributed by atoms with E-state index in [1.165, 1.54) is 0 Å². The zero-order valence-corrected chi connectivity index (χ0v) is 16.4. The number of rotatable bonds is 6. The Labute approximate surface area is 157 Å². The highest BCUT2D eigenvalue weighted by atomic mass is 35.5. The van der Waals surface area contributed by atoms with Crippen molar-refractivity contribution >= 4 is 35.0 Å². The highest BCUT2D eigenvalue weighted by Crippen LogP contribution is 2.30. The maximum absolute atomic E-state index is 6.16. The van der Waals surface area contributed by atoms with Gasteiger partial charge in [0, 0.05) is 27.9 Å². The molecule has 0 aliphatic heterocycles. The van der Waals surface area contributed by atoms with E-state index in [2.05, 4.69) is 25.8 Å². The molecule has 0 fully saturated rings. The normalized spacial score (nSPS) is 12.9. The molecule has 0 saturated heterocycles. The lowest BCUT2D eigenvalue weighted by molar-refractivity contribution is 0.296. The summed E-state index contributed by atoms with van der Waals surface area (Å²) in [7, 11) is 0. The van der Waals surface area contributed by atoms with E-state index in [0.717, 1.165) is 16.2 Å². The summed E-state index contributed by atoms with van der Waals surface area (Å²) in [6.07, 6.45) is 3.58. The number of thioether (sulfide) groups is 1. The number of ether oxygens (including phenoxy) is 1. The number of hydrogen-bond donors (Lipinski definition) is 1. The number of nitrogens with two attached hydrogens (primary N) is 1. The molecule has 130 valence electrons. The minimum atomic E-state index is -0.111. The first-order chi connectivity index (χ1) is 11.3. The third-order valence-electron chi connectivity index (χ3n) is 3.39. The number of aromatic nitrogens is 1. The van der Waals surface area contributed by atoms with E-state index in [9.17, 15) is 0 Å². The van der Waals surface area contributed by atoms with Crippen LogP contribution in [-0.4, -0.2) is 23.4 Å². The summed E-state index contributed by atoms with van der Waals surface area (Å²) in [6, 6.07) is 7.36. The fourth-order valence-electron chi connectivity index (χ4n) is 1.95. The lowest BCUT2D eigenvalue weighted by Crippen LogP contribution is -2.30. The first-order valence-electron chi connectivity index (χ1n) is 7.67. The van der Waals surface area contributed by atoms with E-state index in [-0.39, 0.29) is 11.5 Å². The summed E-state index contributed by atoms with van der Waals surface area (Å²) in [6.45, 7) is 6.86. The van der Waals surface area contributed by atoms with Gasteiger partial charge in [-0.25, -0.2) is 0 Å². The maximum Gasteiger partial charge on any atom is 0.137 e. The molecule has 1 atom stereocenters. The second-order valence-electron chi connectivity index (χ2n) is 6.62. The van der Waals surface area contributed by atoms with Gasteiger partial charge in [0.15, 0.2) is 0 Å². The van der Waals surface area contributed by atoms with Gasteiger partial charge in [0.2, 0.25) is 0 Å². The largest absolute Gasteiger partial charge is 0.490 e.